The van der Waals surface area contributed by atoms with Gasteiger partial charge in [-0.25, -0.2) is 4.39 Å². The Balaban J connectivity index is 2.24. The molecule has 100 valence electrons. The number of rotatable bonds is 3. The van der Waals surface area contributed by atoms with E-state index < -0.39 is 0 Å². The number of benzene rings is 1. The van der Waals surface area contributed by atoms with Gasteiger partial charge in [-0.1, -0.05) is 13.8 Å². The molecule has 0 aromatic heterocycles. The first-order chi connectivity index (χ1) is 8.49. The first-order valence-electron chi connectivity index (χ1n) is 6.21. The fraction of sp³-hybridized carbons (Fsp3) is 0.571. The van der Waals surface area contributed by atoms with E-state index >= 15 is 0 Å². The fourth-order valence-electron chi connectivity index (χ4n) is 2.32. The van der Waals surface area contributed by atoms with Gasteiger partial charge < -0.3 is 10.4 Å². The van der Waals surface area contributed by atoms with Gasteiger partial charge in [-0.15, -0.1) is 0 Å². The molecular formula is C14H20FNOS. The standard InChI is InChI=1S/C14H20FNOS/c1-13(2)7-8-18-10-14(13,9-17)16-12-5-3-11(15)4-6-12/h3-6,16-17H,7-10H2,1-2H3. The molecule has 0 aliphatic carbocycles. The molecule has 1 aliphatic heterocycles. The van der Waals surface area contributed by atoms with Crippen LogP contribution in [0.2, 0.25) is 0 Å². The quantitative estimate of drug-likeness (QED) is 0.884. The van der Waals surface area contributed by atoms with Crippen molar-refractivity contribution in [1.82, 2.24) is 0 Å². The lowest BCUT2D eigenvalue weighted by Gasteiger charge is -2.50. The van der Waals surface area contributed by atoms with Crippen molar-refractivity contribution in [1.29, 1.82) is 0 Å². The number of thioether (sulfide) groups is 1. The number of aliphatic hydroxyl groups excluding tert-OH is 1. The smallest absolute Gasteiger partial charge is 0.123 e. The molecule has 1 atom stereocenters. The van der Waals surface area contributed by atoms with Crippen molar-refractivity contribution in [2.24, 2.45) is 5.41 Å². The summed E-state index contributed by atoms with van der Waals surface area (Å²) in [5.41, 5.74) is 0.538. The van der Waals surface area contributed by atoms with Gasteiger partial charge in [0.05, 0.1) is 12.1 Å². The van der Waals surface area contributed by atoms with Crippen molar-refractivity contribution in [2.45, 2.75) is 25.8 Å². The summed E-state index contributed by atoms with van der Waals surface area (Å²) < 4.78 is 12.9. The van der Waals surface area contributed by atoms with Gasteiger partial charge in [-0.05, 0) is 41.9 Å². The SMILES string of the molecule is CC1(C)CCSCC1(CO)Nc1ccc(F)cc1. The zero-order chi connectivity index (χ0) is 13.2. The molecule has 1 aromatic rings. The van der Waals surface area contributed by atoms with Crippen LogP contribution in [0.3, 0.4) is 0 Å². The van der Waals surface area contributed by atoms with Crippen molar-refractivity contribution in [3.05, 3.63) is 30.1 Å². The highest BCUT2D eigenvalue weighted by Gasteiger charge is 2.46. The number of nitrogens with one attached hydrogen (secondary N) is 1. The van der Waals surface area contributed by atoms with Crippen molar-refractivity contribution in [3.8, 4) is 0 Å². The summed E-state index contributed by atoms with van der Waals surface area (Å²) in [5.74, 6) is 1.75. The molecule has 18 heavy (non-hydrogen) atoms. The Labute approximate surface area is 112 Å². The second kappa shape index (κ2) is 5.10. The Morgan fingerprint density at radius 1 is 1.33 bits per heavy atom. The third-order valence-electron chi connectivity index (χ3n) is 4.01. The summed E-state index contributed by atoms with van der Waals surface area (Å²) in [5, 5.41) is 13.3. The molecule has 0 bridgehead atoms. The van der Waals surface area contributed by atoms with Crippen LogP contribution in [0.4, 0.5) is 10.1 Å². The van der Waals surface area contributed by atoms with E-state index in [2.05, 4.69) is 19.2 Å². The second-order valence-corrected chi connectivity index (χ2v) is 6.66. The monoisotopic (exact) mass is 269 g/mol. The molecule has 0 saturated carbocycles. The summed E-state index contributed by atoms with van der Waals surface area (Å²) in [7, 11) is 0. The van der Waals surface area contributed by atoms with Crippen molar-refractivity contribution in [3.63, 3.8) is 0 Å². The minimum atomic E-state index is -0.340. The zero-order valence-corrected chi connectivity index (χ0v) is 11.7. The number of aliphatic hydroxyl groups is 1. The summed E-state index contributed by atoms with van der Waals surface area (Å²) in [6.07, 6.45) is 1.06. The van der Waals surface area contributed by atoms with Gasteiger partial charge in [0, 0.05) is 11.4 Å². The molecule has 2 N–H and O–H groups in total. The van der Waals surface area contributed by atoms with E-state index in [4.69, 9.17) is 0 Å². The number of halogens is 1. The van der Waals surface area contributed by atoms with Crippen molar-refractivity contribution >= 4 is 17.4 Å². The lowest BCUT2D eigenvalue weighted by Crippen LogP contribution is -2.58. The minimum Gasteiger partial charge on any atom is -0.394 e. The van der Waals surface area contributed by atoms with Crippen LogP contribution >= 0.6 is 11.8 Å². The van der Waals surface area contributed by atoms with Gasteiger partial charge in [0.1, 0.15) is 5.82 Å². The maximum atomic E-state index is 12.9. The van der Waals surface area contributed by atoms with Gasteiger partial charge >= 0.3 is 0 Å². The lowest BCUT2D eigenvalue weighted by molar-refractivity contribution is 0.110. The molecule has 0 amide bonds. The maximum absolute atomic E-state index is 12.9. The van der Waals surface area contributed by atoms with E-state index in [9.17, 15) is 9.50 Å². The first-order valence-corrected chi connectivity index (χ1v) is 7.37. The Morgan fingerprint density at radius 2 is 2.00 bits per heavy atom. The predicted octanol–water partition coefficient (Wildman–Crippen LogP) is 3.13. The summed E-state index contributed by atoms with van der Waals surface area (Å²) in [4.78, 5) is 0. The number of hydrogen-bond acceptors (Lipinski definition) is 3. The molecule has 1 unspecified atom stereocenters. The van der Waals surface area contributed by atoms with Crippen LogP contribution in [-0.2, 0) is 0 Å². The summed E-state index contributed by atoms with van der Waals surface area (Å²) >= 11 is 1.85. The Morgan fingerprint density at radius 3 is 2.56 bits per heavy atom. The largest absolute Gasteiger partial charge is 0.394 e. The van der Waals surface area contributed by atoms with Gasteiger partial charge in [-0.3, -0.25) is 0 Å². The number of anilines is 1. The average Bonchev–Trinajstić information content (AvgIpc) is 2.34. The highest BCUT2D eigenvalue weighted by Crippen LogP contribution is 2.44. The van der Waals surface area contributed by atoms with Crippen molar-refractivity contribution in [2.75, 3.05) is 23.4 Å². The molecule has 1 aliphatic rings. The molecule has 1 aromatic carbocycles. The van der Waals surface area contributed by atoms with Crippen LogP contribution in [0.25, 0.3) is 0 Å². The van der Waals surface area contributed by atoms with Gasteiger partial charge in [-0.2, -0.15) is 11.8 Å². The maximum Gasteiger partial charge on any atom is 0.123 e. The molecule has 2 nitrogen and oxygen atoms in total. The topological polar surface area (TPSA) is 32.3 Å². The normalized spacial score (nSPS) is 26.9. The van der Waals surface area contributed by atoms with Crippen LogP contribution < -0.4 is 5.32 Å². The van der Waals surface area contributed by atoms with E-state index in [1.54, 1.807) is 12.1 Å². The van der Waals surface area contributed by atoms with E-state index in [-0.39, 0.29) is 23.4 Å². The Bertz CT molecular complexity index is 407. The molecular weight excluding hydrogens is 249 g/mol. The van der Waals surface area contributed by atoms with E-state index in [0.29, 0.717) is 0 Å². The van der Waals surface area contributed by atoms with Gasteiger partial charge in [0.25, 0.3) is 0 Å². The van der Waals surface area contributed by atoms with E-state index in [1.165, 1.54) is 12.1 Å². The lowest BCUT2D eigenvalue weighted by atomic mass is 9.71. The molecule has 1 fully saturated rings. The van der Waals surface area contributed by atoms with Crippen LogP contribution in [0.5, 0.6) is 0 Å². The first kappa shape index (κ1) is 13.7. The third-order valence-corrected chi connectivity index (χ3v) is 5.20. The van der Waals surface area contributed by atoms with Crippen LogP contribution in [0.1, 0.15) is 20.3 Å². The average molecular weight is 269 g/mol. The van der Waals surface area contributed by atoms with Crippen molar-refractivity contribution < 1.29 is 9.50 Å². The highest BCUT2D eigenvalue weighted by molar-refractivity contribution is 7.99. The van der Waals surface area contributed by atoms with Crippen LogP contribution in [0, 0.1) is 11.2 Å². The van der Waals surface area contributed by atoms with E-state index in [1.807, 2.05) is 11.8 Å². The molecule has 0 spiro atoms. The minimum absolute atomic E-state index is 0.0153. The molecule has 1 heterocycles. The van der Waals surface area contributed by atoms with Crippen LogP contribution in [0.15, 0.2) is 24.3 Å². The summed E-state index contributed by atoms with van der Waals surface area (Å²) in [6, 6.07) is 6.33. The number of hydrogen-bond donors (Lipinski definition) is 2. The Hall–Kier alpha value is -0.740. The molecule has 2 rings (SSSR count). The molecule has 1 saturated heterocycles. The fourth-order valence-corrected chi connectivity index (χ4v) is 4.02. The second-order valence-electron chi connectivity index (χ2n) is 5.56. The van der Waals surface area contributed by atoms with E-state index in [0.717, 1.165) is 23.6 Å². The predicted molar refractivity (Wildman–Crippen MR) is 75.6 cm³/mol. The third kappa shape index (κ3) is 2.50. The zero-order valence-electron chi connectivity index (χ0n) is 10.9. The summed E-state index contributed by atoms with van der Waals surface area (Å²) in [6.45, 7) is 4.45. The van der Waals surface area contributed by atoms with Crippen LogP contribution in [-0.4, -0.2) is 28.8 Å². The molecule has 4 heteroatoms. The highest BCUT2D eigenvalue weighted by atomic mass is 32.2. The molecule has 0 radical (unpaired) electrons. The van der Waals surface area contributed by atoms with Gasteiger partial charge in [0.2, 0.25) is 0 Å². The van der Waals surface area contributed by atoms with Gasteiger partial charge in [0.15, 0.2) is 0 Å². The Kier molecular flexibility index (Phi) is 3.87.